The third kappa shape index (κ3) is 9.92. The van der Waals surface area contributed by atoms with E-state index in [1.165, 1.54) is 99.5 Å². The predicted molar refractivity (Wildman–Crippen MR) is 153 cm³/mol. The average molecular weight is 483 g/mol. The highest BCUT2D eigenvalue weighted by Crippen LogP contribution is 2.26. The highest BCUT2D eigenvalue weighted by molar-refractivity contribution is 6.97. The second kappa shape index (κ2) is 15.7. The molecule has 0 saturated heterocycles. The normalized spacial score (nSPS) is 15.2. The van der Waals surface area contributed by atoms with Crippen molar-refractivity contribution in [3.05, 3.63) is 60.7 Å². The topological polar surface area (TPSA) is 9.23 Å². The van der Waals surface area contributed by atoms with Crippen LogP contribution >= 0.6 is 0 Å². The second-order valence-corrected chi connectivity index (χ2v) is 18.2. The van der Waals surface area contributed by atoms with Gasteiger partial charge in [0.25, 0.3) is 0 Å². The van der Waals surface area contributed by atoms with E-state index < -0.39 is 16.6 Å². The molecule has 2 aromatic rings. The van der Waals surface area contributed by atoms with Gasteiger partial charge >= 0.3 is 0 Å². The Morgan fingerprint density at radius 3 is 1.18 bits per heavy atom. The van der Waals surface area contributed by atoms with Crippen molar-refractivity contribution in [2.24, 2.45) is 0 Å². The quantitative estimate of drug-likeness (QED) is 0.152. The van der Waals surface area contributed by atoms with Crippen LogP contribution in [-0.4, -0.2) is 16.6 Å². The monoisotopic (exact) mass is 482 g/mol. The van der Waals surface area contributed by atoms with Gasteiger partial charge in [-0.25, -0.2) is 0 Å². The first kappa shape index (κ1) is 28.1. The molecule has 33 heavy (non-hydrogen) atoms. The van der Waals surface area contributed by atoms with Crippen LogP contribution in [0.25, 0.3) is 0 Å². The van der Waals surface area contributed by atoms with Crippen LogP contribution in [0.5, 0.6) is 0 Å². The largest absolute Gasteiger partial charge is 0.448 e. The van der Waals surface area contributed by atoms with E-state index in [1.54, 1.807) is 0 Å². The van der Waals surface area contributed by atoms with Gasteiger partial charge in [0.2, 0.25) is 16.6 Å². The summed E-state index contributed by atoms with van der Waals surface area (Å²) in [6.45, 7) is 9.60. The molecule has 2 aromatic carbocycles. The SMILES string of the molecule is CCCCCCCC[Si](C)(O[Si](C)(CCCCCCCC)c1ccccc1)c1ccccc1. The molecule has 0 spiro atoms. The van der Waals surface area contributed by atoms with Gasteiger partial charge in [0.15, 0.2) is 0 Å². The summed E-state index contributed by atoms with van der Waals surface area (Å²) >= 11 is 0. The summed E-state index contributed by atoms with van der Waals surface area (Å²) in [5.41, 5.74) is 0. The molecule has 0 radical (unpaired) electrons. The lowest BCUT2D eigenvalue weighted by Crippen LogP contribution is -2.60. The van der Waals surface area contributed by atoms with E-state index in [9.17, 15) is 0 Å². The first-order valence-electron chi connectivity index (χ1n) is 13.9. The highest BCUT2D eigenvalue weighted by atomic mass is 28.4. The van der Waals surface area contributed by atoms with Crippen molar-refractivity contribution in [3.63, 3.8) is 0 Å². The minimum absolute atomic E-state index is 1.25. The Morgan fingerprint density at radius 2 is 0.818 bits per heavy atom. The van der Waals surface area contributed by atoms with Gasteiger partial charge in [-0.3, -0.25) is 0 Å². The van der Waals surface area contributed by atoms with E-state index in [-0.39, 0.29) is 0 Å². The molecule has 0 bridgehead atoms. The Bertz CT molecular complexity index is 672. The zero-order valence-corrected chi connectivity index (χ0v) is 24.1. The molecule has 0 heterocycles. The van der Waals surface area contributed by atoms with Crippen LogP contribution in [0.2, 0.25) is 25.2 Å². The minimum atomic E-state index is -2.03. The van der Waals surface area contributed by atoms with Gasteiger partial charge in [0.05, 0.1) is 0 Å². The predicted octanol–water partition coefficient (Wildman–Crippen LogP) is 8.69. The second-order valence-electron chi connectivity index (χ2n) is 10.3. The van der Waals surface area contributed by atoms with Gasteiger partial charge in [-0.15, -0.1) is 0 Å². The van der Waals surface area contributed by atoms with Gasteiger partial charge < -0.3 is 4.12 Å². The van der Waals surface area contributed by atoms with Crippen LogP contribution in [0.4, 0.5) is 0 Å². The van der Waals surface area contributed by atoms with Crippen LogP contribution in [0.3, 0.4) is 0 Å². The fraction of sp³-hybridized carbons (Fsp3) is 0.600. The summed E-state index contributed by atoms with van der Waals surface area (Å²) in [6.07, 6.45) is 16.2. The number of rotatable bonds is 18. The van der Waals surface area contributed by atoms with E-state index in [2.05, 4.69) is 87.6 Å². The third-order valence-electron chi connectivity index (χ3n) is 7.23. The third-order valence-corrected chi connectivity index (χ3v) is 16.6. The molecule has 2 unspecified atom stereocenters. The molecule has 0 fully saturated rings. The lowest BCUT2D eigenvalue weighted by molar-refractivity contribution is 0.531. The smallest absolute Gasteiger partial charge is 0.209 e. The molecule has 0 N–H and O–H groups in total. The molecule has 0 amide bonds. The van der Waals surface area contributed by atoms with Crippen molar-refractivity contribution in [1.82, 2.24) is 0 Å². The molecule has 0 aliphatic rings. The molecule has 0 aromatic heterocycles. The fourth-order valence-electron chi connectivity index (χ4n) is 5.07. The van der Waals surface area contributed by atoms with Gasteiger partial charge in [-0.05, 0) is 35.6 Å². The van der Waals surface area contributed by atoms with Crippen LogP contribution in [0.15, 0.2) is 60.7 Å². The minimum Gasteiger partial charge on any atom is -0.448 e. The number of hydrogen-bond acceptors (Lipinski definition) is 1. The first-order chi connectivity index (χ1) is 16.0. The molecular weight excluding hydrogens is 433 g/mol. The van der Waals surface area contributed by atoms with Gasteiger partial charge in [-0.1, -0.05) is 152 Å². The zero-order valence-electron chi connectivity index (χ0n) is 22.1. The van der Waals surface area contributed by atoms with Crippen molar-refractivity contribution in [2.45, 2.75) is 116 Å². The molecule has 0 aliphatic heterocycles. The number of unbranched alkanes of at least 4 members (excludes halogenated alkanes) is 10. The maximum absolute atomic E-state index is 7.53. The van der Waals surface area contributed by atoms with Crippen LogP contribution in [0.1, 0.15) is 90.9 Å². The molecule has 184 valence electrons. The Labute approximate surface area is 207 Å². The lowest BCUT2D eigenvalue weighted by atomic mass is 10.1. The van der Waals surface area contributed by atoms with E-state index in [0.717, 1.165) is 0 Å². The van der Waals surface area contributed by atoms with E-state index >= 15 is 0 Å². The van der Waals surface area contributed by atoms with Crippen molar-refractivity contribution in [1.29, 1.82) is 0 Å². The molecule has 0 aliphatic carbocycles. The van der Waals surface area contributed by atoms with Gasteiger partial charge in [0, 0.05) is 0 Å². The van der Waals surface area contributed by atoms with Crippen molar-refractivity contribution < 1.29 is 4.12 Å². The average Bonchev–Trinajstić information content (AvgIpc) is 2.84. The van der Waals surface area contributed by atoms with Crippen LogP contribution in [-0.2, 0) is 4.12 Å². The standard InChI is InChI=1S/C30H50OSi2/c1-5-7-9-11-13-21-27-32(3,29-23-17-15-18-24-29)31-33(4,30-25-19-16-20-26-30)28-22-14-12-10-8-6-2/h15-20,23-26H,5-14,21-22,27-28H2,1-4H3. The Kier molecular flexibility index (Phi) is 13.3. The number of benzene rings is 2. The van der Waals surface area contributed by atoms with Crippen molar-refractivity contribution >= 4 is 27.0 Å². The molecule has 0 saturated carbocycles. The Hall–Kier alpha value is -1.17. The maximum atomic E-state index is 7.53. The highest BCUT2D eigenvalue weighted by Gasteiger charge is 2.41. The first-order valence-corrected chi connectivity index (χ1v) is 19.1. The summed E-state index contributed by atoms with van der Waals surface area (Å²) in [4.78, 5) is 0. The summed E-state index contributed by atoms with van der Waals surface area (Å²) < 4.78 is 7.53. The summed E-state index contributed by atoms with van der Waals surface area (Å²) in [5.74, 6) is 0. The molecular formula is C30H50OSi2. The van der Waals surface area contributed by atoms with Gasteiger partial charge in [0.1, 0.15) is 0 Å². The Morgan fingerprint density at radius 1 is 0.485 bits per heavy atom. The van der Waals surface area contributed by atoms with E-state index in [4.69, 9.17) is 4.12 Å². The molecule has 3 heteroatoms. The maximum Gasteiger partial charge on any atom is 0.209 e. The molecule has 2 atom stereocenters. The lowest BCUT2D eigenvalue weighted by Gasteiger charge is -2.39. The van der Waals surface area contributed by atoms with Crippen molar-refractivity contribution in [2.75, 3.05) is 0 Å². The van der Waals surface area contributed by atoms with E-state index in [1.807, 2.05) is 0 Å². The zero-order chi connectivity index (χ0) is 23.8. The summed E-state index contributed by atoms with van der Waals surface area (Å²) in [7, 11) is -4.06. The summed E-state index contributed by atoms with van der Waals surface area (Å²) in [5, 5.41) is 2.97. The Balaban J connectivity index is 2.15. The van der Waals surface area contributed by atoms with Gasteiger partial charge in [-0.2, -0.15) is 0 Å². The van der Waals surface area contributed by atoms with Crippen molar-refractivity contribution in [3.8, 4) is 0 Å². The molecule has 2 rings (SSSR count). The van der Waals surface area contributed by atoms with Crippen LogP contribution in [0, 0.1) is 0 Å². The van der Waals surface area contributed by atoms with Crippen LogP contribution < -0.4 is 10.4 Å². The summed E-state index contributed by atoms with van der Waals surface area (Å²) in [6, 6.07) is 25.0. The number of hydrogen-bond donors (Lipinski definition) is 0. The molecule has 1 nitrogen and oxygen atoms in total. The van der Waals surface area contributed by atoms with E-state index in [0.29, 0.717) is 0 Å². The fourth-order valence-corrected chi connectivity index (χ4v) is 15.0.